The molecule has 0 unspecified atom stereocenters. The van der Waals surface area contributed by atoms with Crippen molar-refractivity contribution in [3.05, 3.63) is 18.3 Å². The topological polar surface area (TPSA) is 132 Å². The summed E-state index contributed by atoms with van der Waals surface area (Å²) in [6.45, 7) is 5.01. The molecule has 0 saturated carbocycles. The highest BCUT2D eigenvalue weighted by Gasteiger charge is 2.28. The van der Waals surface area contributed by atoms with Crippen molar-refractivity contribution in [2.75, 3.05) is 26.3 Å². The van der Waals surface area contributed by atoms with Gasteiger partial charge in [0.1, 0.15) is 4.90 Å². The summed E-state index contributed by atoms with van der Waals surface area (Å²) in [5.74, 6) is -0.595. The van der Waals surface area contributed by atoms with E-state index in [9.17, 15) is 18.0 Å². The van der Waals surface area contributed by atoms with E-state index in [2.05, 4.69) is 10.3 Å². The zero-order valence-electron chi connectivity index (χ0n) is 14.5. The number of morpholine rings is 1. The fraction of sp³-hybridized carbons (Fsp3) is 0.533. The number of carbonyl (C=O) groups is 2. The number of amides is 3. The quantitative estimate of drug-likeness (QED) is 0.659. The van der Waals surface area contributed by atoms with Gasteiger partial charge in [0.25, 0.3) is 0 Å². The van der Waals surface area contributed by atoms with Crippen molar-refractivity contribution in [3.63, 3.8) is 0 Å². The summed E-state index contributed by atoms with van der Waals surface area (Å²) >= 11 is 1.14. The van der Waals surface area contributed by atoms with Crippen LogP contribution in [0.3, 0.4) is 0 Å². The van der Waals surface area contributed by atoms with E-state index in [0.29, 0.717) is 31.3 Å². The number of hydrogen-bond acceptors (Lipinski definition) is 7. The maximum atomic E-state index is 12.6. The lowest BCUT2D eigenvalue weighted by atomic mass is 10.1. The molecule has 2 heterocycles. The van der Waals surface area contributed by atoms with Crippen molar-refractivity contribution in [2.24, 2.45) is 11.7 Å². The van der Waals surface area contributed by atoms with Crippen LogP contribution in [0.15, 0.2) is 28.3 Å². The van der Waals surface area contributed by atoms with Gasteiger partial charge in [-0.1, -0.05) is 25.6 Å². The zero-order valence-corrected chi connectivity index (χ0v) is 16.2. The molecule has 1 fully saturated rings. The minimum atomic E-state index is -3.61. The molecule has 0 aliphatic carbocycles. The first-order valence-electron chi connectivity index (χ1n) is 8.02. The Morgan fingerprint density at radius 3 is 2.46 bits per heavy atom. The number of ether oxygens (including phenoxy) is 1. The number of thioether (sulfide) groups is 1. The van der Waals surface area contributed by atoms with Gasteiger partial charge in [0.05, 0.1) is 23.5 Å². The van der Waals surface area contributed by atoms with E-state index >= 15 is 0 Å². The van der Waals surface area contributed by atoms with Crippen LogP contribution in [-0.4, -0.2) is 61.2 Å². The van der Waals surface area contributed by atoms with E-state index < -0.39 is 27.2 Å². The first-order chi connectivity index (χ1) is 12.2. The molecule has 0 bridgehead atoms. The third kappa shape index (κ3) is 5.16. The predicted octanol–water partition coefficient (Wildman–Crippen LogP) is 0.414. The Bertz CT molecular complexity index is 746. The van der Waals surface area contributed by atoms with Crippen LogP contribution in [-0.2, 0) is 19.6 Å². The maximum Gasteiger partial charge on any atom is 0.318 e. The number of carbonyl (C=O) groups excluding carboxylic acids is 2. The molecule has 26 heavy (non-hydrogen) atoms. The summed E-state index contributed by atoms with van der Waals surface area (Å²) in [6.07, 6.45) is 1.27. The lowest BCUT2D eigenvalue weighted by Gasteiger charge is -2.26. The molecule has 3 amide bonds. The second-order valence-electron chi connectivity index (χ2n) is 5.98. The van der Waals surface area contributed by atoms with E-state index in [1.165, 1.54) is 16.6 Å². The van der Waals surface area contributed by atoms with Crippen molar-refractivity contribution in [1.29, 1.82) is 0 Å². The molecule has 1 aliphatic heterocycles. The molecule has 1 atom stereocenters. The number of primary amides is 1. The van der Waals surface area contributed by atoms with Crippen molar-refractivity contribution in [3.8, 4) is 0 Å². The highest BCUT2D eigenvalue weighted by atomic mass is 32.2. The summed E-state index contributed by atoms with van der Waals surface area (Å²) < 4.78 is 31.7. The van der Waals surface area contributed by atoms with Gasteiger partial charge in [-0.15, -0.1) is 0 Å². The number of nitrogens with two attached hydrogens (primary N) is 1. The highest BCUT2D eigenvalue weighted by Crippen LogP contribution is 2.28. The second kappa shape index (κ2) is 8.80. The van der Waals surface area contributed by atoms with Crippen LogP contribution in [0.1, 0.15) is 13.8 Å². The predicted molar refractivity (Wildman–Crippen MR) is 96.0 cm³/mol. The van der Waals surface area contributed by atoms with Gasteiger partial charge >= 0.3 is 6.03 Å². The third-order valence-electron chi connectivity index (χ3n) is 3.68. The van der Waals surface area contributed by atoms with Crippen molar-refractivity contribution in [1.82, 2.24) is 14.6 Å². The van der Waals surface area contributed by atoms with Crippen molar-refractivity contribution >= 4 is 33.7 Å². The number of sulfonamides is 1. The number of imide groups is 1. The molecule has 1 aromatic heterocycles. The van der Waals surface area contributed by atoms with Crippen LogP contribution in [0, 0.1) is 5.92 Å². The summed E-state index contributed by atoms with van der Waals surface area (Å²) in [5, 5.41) is 1.95. The average molecular weight is 402 g/mol. The van der Waals surface area contributed by atoms with E-state index in [4.69, 9.17) is 10.5 Å². The first-order valence-corrected chi connectivity index (χ1v) is 10.3. The van der Waals surface area contributed by atoms with E-state index in [1.807, 2.05) is 13.8 Å². The van der Waals surface area contributed by atoms with Crippen LogP contribution in [0.4, 0.5) is 4.79 Å². The highest BCUT2D eigenvalue weighted by molar-refractivity contribution is 8.00. The second-order valence-corrected chi connectivity index (χ2v) is 9.08. The summed E-state index contributed by atoms with van der Waals surface area (Å²) in [6, 6.07) is 2.09. The molecule has 1 aromatic rings. The molecule has 11 heteroatoms. The standard InChI is InChI=1S/C15H22N4O5S2/c1-10(2)13(14(20)18-15(16)21)25-12-4-3-11(9-17-12)26(22,23)19-5-7-24-8-6-19/h3-4,9-10,13H,5-8H2,1-2H3,(H3,16,18,20,21)/t13-/m0/s1. The molecule has 144 valence electrons. The molecular weight excluding hydrogens is 380 g/mol. The summed E-state index contributed by atoms with van der Waals surface area (Å²) in [4.78, 5) is 27.2. The summed E-state index contributed by atoms with van der Waals surface area (Å²) in [5.41, 5.74) is 4.99. The number of nitrogens with one attached hydrogen (secondary N) is 1. The van der Waals surface area contributed by atoms with Crippen LogP contribution < -0.4 is 11.1 Å². The van der Waals surface area contributed by atoms with Gasteiger partial charge in [0.15, 0.2) is 0 Å². The Balaban J connectivity index is 2.12. The number of pyridine rings is 1. The molecule has 1 aliphatic rings. The molecule has 9 nitrogen and oxygen atoms in total. The Morgan fingerprint density at radius 2 is 1.96 bits per heavy atom. The average Bonchev–Trinajstić information content (AvgIpc) is 2.60. The van der Waals surface area contributed by atoms with Gasteiger partial charge in [-0.2, -0.15) is 4.31 Å². The monoisotopic (exact) mass is 402 g/mol. The van der Waals surface area contributed by atoms with Gasteiger partial charge in [-0.05, 0) is 18.1 Å². The Hall–Kier alpha value is -1.69. The molecule has 3 N–H and O–H groups in total. The van der Waals surface area contributed by atoms with Crippen molar-refractivity contribution in [2.45, 2.75) is 29.0 Å². The number of urea groups is 1. The van der Waals surface area contributed by atoms with Crippen molar-refractivity contribution < 1.29 is 22.7 Å². The Kier molecular flexibility index (Phi) is 6.98. The molecule has 2 rings (SSSR count). The minimum absolute atomic E-state index is 0.0853. The Labute approximate surface area is 156 Å². The zero-order chi connectivity index (χ0) is 19.3. The van der Waals surface area contributed by atoms with Gasteiger partial charge in [0.2, 0.25) is 15.9 Å². The molecular formula is C15H22N4O5S2. The van der Waals surface area contributed by atoms with Gasteiger partial charge < -0.3 is 10.5 Å². The number of rotatable bonds is 6. The van der Waals surface area contributed by atoms with Crippen LogP contribution in [0.2, 0.25) is 0 Å². The third-order valence-corrected chi connectivity index (χ3v) is 7.05. The summed E-state index contributed by atoms with van der Waals surface area (Å²) in [7, 11) is -3.61. The van der Waals surface area contributed by atoms with E-state index in [1.54, 1.807) is 6.07 Å². The lowest BCUT2D eigenvalue weighted by molar-refractivity contribution is -0.120. The number of aromatic nitrogens is 1. The lowest BCUT2D eigenvalue weighted by Crippen LogP contribution is -2.42. The number of nitrogens with zero attached hydrogens (tertiary/aromatic N) is 2. The van der Waals surface area contributed by atoms with Gasteiger partial charge in [-0.25, -0.2) is 18.2 Å². The fourth-order valence-electron chi connectivity index (χ4n) is 2.34. The molecule has 1 saturated heterocycles. The fourth-order valence-corrected chi connectivity index (χ4v) is 4.65. The van der Waals surface area contributed by atoms with E-state index in [-0.39, 0.29) is 10.8 Å². The largest absolute Gasteiger partial charge is 0.379 e. The smallest absolute Gasteiger partial charge is 0.318 e. The molecule has 0 aromatic carbocycles. The van der Waals surface area contributed by atoms with Gasteiger partial charge in [0, 0.05) is 19.3 Å². The van der Waals surface area contributed by atoms with Gasteiger partial charge in [-0.3, -0.25) is 10.1 Å². The molecule has 0 spiro atoms. The SMILES string of the molecule is CC(C)[C@H](Sc1ccc(S(=O)(=O)N2CCOCC2)cn1)C(=O)NC(N)=O. The van der Waals surface area contributed by atoms with Crippen LogP contribution in [0.5, 0.6) is 0 Å². The normalized spacial score (nSPS) is 17.0. The van der Waals surface area contributed by atoms with Crippen LogP contribution in [0.25, 0.3) is 0 Å². The van der Waals surface area contributed by atoms with Crippen LogP contribution >= 0.6 is 11.8 Å². The first kappa shape index (κ1) is 20.6. The van der Waals surface area contributed by atoms with E-state index in [0.717, 1.165) is 11.8 Å². The Morgan fingerprint density at radius 1 is 1.31 bits per heavy atom. The molecule has 0 radical (unpaired) electrons. The number of hydrogen-bond donors (Lipinski definition) is 2. The maximum absolute atomic E-state index is 12.6. The minimum Gasteiger partial charge on any atom is -0.379 e.